The number of phenols is 1. The smallest absolute Gasteiger partial charge is 0.182 e. The Morgan fingerprint density at radius 3 is 2.09 bits per heavy atom. The molecule has 0 saturated carbocycles. The lowest BCUT2D eigenvalue weighted by Crippen LogP contribution is -2.31. The zero-order valence-electron chi connectivity index (χ0n) is 21.3. The van der Waals surface area contributed by atoms with Crippen molar-refractivity contribution in [1.29, 1.82) is 5.41 Å². The van der Waals surface area contributed by atoms with Gasteiger partial charge in [0.2, 0.25) is 0 Å². The van der Waals surface area contributed by atoms with Crippen molar-refractivity contribution in [2.75, 3.05) is 24.5 Å². The molecule has 0 aliphatic carbocycles. The first-order valence-electron chi connectivity index (χ1n) is 11.8. The first-order chi connectivity index (χ1) is 15.3. The van der Waals surface area contributed by atoms with Crippen LogP contribution in [-0.4, -0.2) is 46.2 Å². The maximum atomic E-state index is 13.4. The van der Waals surface area contributed by atoms with Crippen LogP contribution in [0.5, 0.6) is 5.75 Å². The summed E-state index contributed by atoms with van der Waals surface area (Å²) >= 11 is 0. The number of ketones is 1. The van der Waals surface area contributed by atoms with Crippen LogP contribution in [0.3, 0.4) is 0 Å². The Kier molecular flexibility index (Phi) is 6.60. The highest BCUT2D eigenvalue weighted by molar-refractivity contribution is 6.04. The summed E-state index contributed by atoms with van der Waals surface area (Å²) < 4.78 is 0. The van der Waals surface area contributed by atoms with Gasteiger partial charge in [-0.05, 0) is 42.9 Å². The summed E-state index contributed by atoms with van der Waals surface area (Å²) in [6.45, 7) is 18.7. The molecule has 2 aromatic rings. The van der Waals surface area contributed by atoms with Crippen LogP contribution in [0.2, 0.25) is 0 Å². The highest BCUT2D eigenvalue weighted by Gasteiger charge is 2.31. The number of pyridine rings is 1. The van der Waals surface area contributed by atoms with Crippen LogP contribution in [-0.2, 0) is 17.4 Å². The fourth-order valence-electron chi connectivity index (χ4n) is 4.31. The quantitative estimate of drug-likeness (QED) is 0.587. The van der Waals surface area contributed by atoms with Gasteiger partial charge in [0.1, 0.15) is 23.1 Å². The van der Waals surface area contributed by atoms with E-state index in [0.717, 1.165) is 35.6 Å². The monoisotopic (exact) mass is 450 g/mol. The summed E-state index contributed by atoms with van der Waals surface area (Å²) in [5.41, 5.74) is 3.13. The van der Waals surface area contributed by atoms with E-state index in [1.807, 2.05) is 65.8 Å². The summed E-state index contributed by atoms with van der Waals surface area (Å²) in [6, 6.07) is 7.65. The zero-order chi connectivity index (χ0) is 24.7. The summed E-state index contributed by atoms with van der Waals surface area (Å²) in [5, 5.41) is 19.6. The molecule has 0 spiro atoms. The summed E-state index contributed by atoms with van der Waals surface area (Å²) in [7, 11) is 0. The highest BCUT2D eigenvalue weighted by atomic mass is 16.3. The molecule has 0 atom stereocenters. The molecule has 0 amide bonds. The van der Waals surface area contributed by atoms with E-state index in [4.69, 9.17) is 10.4 Å². The van der Waals surface area contributed by atoms with Gasteiger partial charge in [0.05, 0.1) is 6.54 Å². The molecule has 1 aliphatic heterocycles. The van der Waals surface area contributed by atoms with Crippen molar-refractivity contribution in [2.45, 2.75) is 72.8 Å². The molecular formula is C27H38N4O2. The van der Waals surface area contributed by atoms with E-state index < -0.39 is 0 Å². The van der Waals surface area contributed by atoms with Gasteiger partial charge in [-0.1, -0.05) is 47.6 Å². The lowest BCUT2D eigenvalue weighted by molar-refractivity contribution is 0.0962. The second-order valence-electron chi connectivity index (χ2n) is 10.9. The number of rotatable bonds is 6. The second-order valence-corrected chi connectivity index (χ2v) is 10.9. The molecule has 6 nitrogen and oxygen atoms in total. The molecule has 0 fully saturated rings. The predicted octanol–water partition coefficient (Wildman–Crippen LogP) is 5.25. The number of phenolic OH excluding ortho intramolecular Hbond substituents is 1. The average Bonchev–Trinajstić information content (AvgIpc) is 3.02. The number of anilines is 1. The number of carbonyl (C=O) groups excluding carboxylic acids is 1. The van der Waals surface area contributed by atoms with Crippen LogP contribution in [0.15, 0.2) is 24.3 Å². The summed E-state index contributed by atoms with van der Waals surface area (Å²) in [5.74, 6) is 1.35. The second kappa shape index (κ2) is 8.81. The van der Waals surface area contributed by atoms with E-state index in [2.05, 4.69) is 18.7 Å². The number of aromatic hydroxyl groups is 1. The minimum atomic E-state index is -0.304. The Labute approximate surface area is 198 Å². The van der Waals surface area contributed by atoms with Crippen molar-refractivity contribution >= 4 is 17.4 Å². The zero-order valence-corrected chi connectivity index (χ0v) is 21.3. The van der Waals surface area contributed by atoms with Crippen LogP contribution in [0.1, 0.15) is 88.1 Å². The molecule has 1 aliphatic rings. The number of hydrogen-bond donors (Lipinski definition) is 2. The summed E-state index contributed by atoms with van der Waals surface area (Å²) in [4.78, 5) is 22.0. The fourth-order valence-corrected chi connectivity index (χ4v) is 4.31. The molecule has 3 rings (SSSR count). The third-order valence-electron chi connectivity index (χ3n) is 6.34. The Morgan fingerprint density at radius 1 is 1.06 bits per heavy atom. The molecule has 1 aromatic carbocycles. The lowest BCUT2D eigenvalue weighted by atomic mass is 9.78. The minimum absolute atomic E-state index is 0.0625. The minimum Gasteiger partial charge on any atom is -0.507 e. The number of Topliss-reactive ketones (excluding diaryl/α,β-unsaturated/α-hetero) is 1. The Bertz CT molecular complexity index is 1040. The van der Waals surface area contributed by atoms with E-state index in [1.165, 1.54) is 0 Å². The van der Waals surface area contributed by atoms with Crippen molar-refractivity contribution < 1.29 is 9.90 Å². The van der Waals surface area contributed by atoms with Gasteiger partial charge in [-0.3, -0.25) is 10.2 Å². The summed E-state index contributed by atoms with van der Waals surface area (Å²) in [6.07, 6.45) is 0. The van der Waals surface area contributed by atoms with Crippen molar-refractivity contribution in [1.82, 2.24) is 9.88 Å². The first kappa shape index (κ1) is 24.7. The van der Waals surface area contributed by atoms with Gasteiger partial charge in [-0.15, -0.1) is 0 Å². The molecule has 0 bridgehead atoms. The van der Waals surface area contributed by atoms with E-state index >= 15 is 0 Å². The standard InChI is InChI=1S/C27H38N4O2/c1-9-30(10-2)22-12-11-17-15-31(25(28)23(17)29-22)16-21(32)18-13-19(26(3,4)5)24(33)20(14-18)27(6,7)8/h11-14,28,33H,9-10,15-16H2,1-8H3. The maximum absolute atomic E-state index is 13.4. The highest BCUT2D eigenvalue weighted by Crippen LogP contribution is 2.40. The van der Waals surface area contributed by atoms with Crippen LogP contribution in [0, 0.1) is 5.41 Å². The van der Waals surface area contributed by atoms with Gasteiger partial charge in [0.25, 0.3) is 0 Å². The molecule has 6 heteroatoms. The SMILES string of the molecule is CCN(CC)c1ccc2c(n1)C(=N)N(CC(=O)c1cc(C(C)(C)C)c(O)c(C(C)(C)C)c1)C2. The van der Waals surface area contributed by atoms with E-state index in [1.54, 1.807) is 4.90 Å². The third-order valence-corrected chi connectivity index (χ3v) is 6.34. The van der Waals surface area contributed by atoms with Crippen molar-refractivity contribution in [3.05, 3.63) is 52.2 Å². The van der Waals surface area contributed by atoms with E-state index in [0.29, 0.717) is 23.6 Å². The average molecular weight is 451 g/mol. The normalized spacial score (nSPS) is 13.9. The van der Waals surface area contributed by atoms with Gasteiger partial charge >= 0.3 is 0 Å². The van der Waals surface area contributed by atoms with Gasteiger partial charge in [0, 0.05) is 41.9 Å². The van der Waals surface area contributed by atoms with Crippen molar-refractivity contribution in [3.63, 3.8) is 0 Å². The molecule has 178 valence electrons. The number of nitrogens with zero attached hydrogens (tertiary/aromatic N) is 3. The lowest BCUT2D eigenvalue weighted by Gasteiger charge is -2.28. The number of nitrogens with one attached hydrogen (secondary N) is 1. The van der Waals surface area contributed by atoms with Gasteiger partial charge in [-0.2, -0.15) is 0 Å². The maximum Gasteiger partial charge on any atom is 0.182 e. The molecule has 0 radical (unpaired) electrons. The number of amidine groups is 1. The molecule has 2 heterocycles. The number of fused-ring (bicyclic) bond motifs is 1. The van der Waals surface area contributed by atoms with E-state index in [-0.39, 0.29) is 28.9 Å². The fraction of sp³-hybridized carbons (Fsp3) is 0.519. The van der Waals surface area contributed by atoms with Crippen LogP contribution < -0.4 is 4.90 Å². The van der Waals surface area contributed by atoms with Gasteiger partial charge in [0.15, 0.2) is 5.78 Å². The van der Waals surface area contributed by atoms with Crippen molar-refractivity contribution in [3.8, 4) is 5.75 Å². The molecule has 33 heavy (non-hydrogen) atoms. The molecule has 2 N–H and O–H groups in total. The number of benzene rings is 1. The largest absolute Gasteiger partial charge is 0.507 e. The Morgan fingerprint density at radius 2 is 1.61 bits per heavy atom. The number of hydrogen-bond acceptors (Lipinski definition) is 5. The van der Waals surface area contributed by atoms with Crippen LogP contribution in [0.4, 0.5) is 5.82 Å². The topological polar surface area (TPSA) is 80.5 Å². The number of carbonyl (C=O) groups is 1. The molecule has 0 saturated heterocycles. The predicted molar refractivity (Wildman–Crippen MR) is 135 cm³/mol. The Hall–Kier alpha value is -2.89. The first-order valence-corrected chi connectivity index (χ1v) is 11.8. The third kappa shape index (κ3) is 4.90. The van der Waals surface area contributed by atoms with Crippen LogP contribution in [0.25, 0.3) is 0 Å². The van der Waals surface area contributed by atoms with E-state index in [9.17, 15) is 9.90 Å². The van der Waals surface area contributed by atoms with Gasteiger partial charge in [-0.25, -0.2) is 4.98 Å². The number of aromatic nitrogens is 1. The Balaban J connectivity index is 1.90. The molecule has 1 aromatic heterocycles. The van der Waals surface area contributed by atoms with Crippen LogP contribution >= 0.6 is 0 Å². The molecular weight excluding hydrogens is 412 g/mol. The van der Waals surface area contributed by atoms with Crippen molar-refractivity contribution in [2.24, 2.45) is 0 Å². The molecule has 0 unspecified atom stereocenters. The van der Waals surface area contributed by atoms with Gasteiger partial charge < -0.3 is 14.9 Å².